The van der Waals surface area contributed by atoms with Crippen molar-refractivity contribution in [2.45, 2.75) is 12.8 Å². The molecule has 0 radical (unpaired) electrons. The van der Waals surface area contributed by atoms with Crippen LogP contribution in [-0.4, -0.2) is 44.6 Å². The zero-order chi connectivity index (χ0) is 19.8. The zero-order valence-electron chi connectivity index (χ0n) is 15.4. The Morgan fingerprint density at radius 1 is 1.11 bits per heavy atom. The topological polar surface area (TPSA) is 70.8 Å². The lowest BCUT2D eigenvalue weighted by atomic mass is 10.0. The minimum absolute atomic E-state index is 0.0283. The van der Waals surface area contributed by atoms with Gasteiger partial charge in [0.05, 0.1) is 43.0 Å². The summed E-state index contributed by atoms with van der Waals surface area (Å²) in [7, 11) is 0. The van der Waals surface area contributed by atoms with Crippen molar-refractivity contribution in [2.24, 2.45) is 0 Å². The molecule has 0 saturated carbocycles. The lowest BCUT2D eigenvalue weighted by molar-refractivity contribution is -0.384. The maximum atomic E-state index is 11.9. The quantitative estimate of drug-likeness (QED) is 0.308. The molecular formula is C20H22FNO5S. The number of hydrogen-bond donors (Lipinski definition) is 0. The summed E-state index contributed by atoms with van der Waals surface area (Å²) in [5.41, 5.74) is 1.78. The molecule has 0 atom stereocenters. The molecule has 150 valence electrons. The number of nitro groups is 1. The van der Waals surface area contributed by atoms with Gasteiger partial charge in [0.25, 0.3) is 5.69 Å². The van der Waals surface area contributed by atoms with Crippen LogP contribution in [0.15, 0.2) is 30.3 Å². The van der Waals surface area contributed by atoms with Crippen LogP contribution in [0.1, 0.15) is 16.9 Å². The van der Waals surface area contributed by atoms with Crippen molar-refractivity contribution in [3.05, 3.63) is 50.9 Å². The highest BCUT2D eigenvalue weighted by molar-refractivity contribution is 7.15. The van der Waals surface area contributed by atoms with Gasteiger partial charge < -0.3 is 14.2 Å². The first-order valence-electron chi connectivity index (χ1n) is 9.11. The predicted octanol–water partition coefficient (Wildman–Crippen LogP) is 4.66. The summed E-state index contributed by atoms with van der Waals surface area (Å²) in [6.45, 7) is 0.808. The number of ether oxygens (including phenoxy) is 3. The van der Waals surface area contributed by atoms with E-state index in [1.54, 1.807) is 23.5 Å². The number of allylic oxidation sites excluding steroid dienone is 1. The van der Waals surface area contributed by atoms with Crippen molar-refractivity contribution in [1.29, 1.82) is 0 Å². The molecule has 1 aliphatic carbocycles. The number of aryl methyl sites for hydroxylation is 1. The van der Waals surface area contributed by atoms with Crippen LogP contribution in [0.3, 0.4) is 0 Å². The number of halogens is 1. The van der Waals surface area contributed by atoms with E-state index in [0.717, 1.165) is 23.3 Å². The lowest BCUT2D eigenvalue weighted by Crippen LogP contribution is -2.11. The monoisotopic (exact) mass is 407 g/mol. The minimum Gasteiger partial charge on any atom is -0.491 e. The van der Waals surface area contributed by atoms with Gasteiger partial charge in [0.2, 0.25) is 0 Å². The van der Waals surface area contributed by atoms with E-state index in [-0.39, 0.29) is 23.8 Å². The SMILES string of the molecule is O=[N+]([O-])c1cc(OCCOCCOCCF)ccc1-c1cc2c(s1)CCC=C2. The van der Waals surface area contributed by atoms with Crippen LogP contribution in [0.25, 0.3) is 16.5 Å². The highest BCUT2D eigenvalue weighted by atomic mass is 32.1. The van der Waals surface area contributed by atoms with Crippen molar-refractivity contribution in [3.8, 4) is 16.2 Å². The smallest absolute Gasteiger partial charge is 0.281 e. The number of nitrogens with zero attached hydrogens (tertiary/aromatic N) is 1. The molecule has 0 bridgehead atoms. The summed E-state index contributed by atoms with van der Waals surface area (Å²) in [6, 6.07) is 6.94. The number of rotatable bonds is 11. The molecule has 28 heavy (non-hydrogen) atoms. The van der Waals surface area contributed by atoms with E-state index >= 15 is 0 Å². The Kier molecular flexibility index (Phi) is 7.53. The maximum absolute atomic E-state index is 11.9. The van der Waals surface area contributed by atoms with Crippen LogP contribution < -0.4 is 4.74 Å². The van der Waals surface area contributed by atoms with Gasteiger partial charge in [0.15, 0.2) is 0 Å². The van der Waals surface area contributed by atoms with E-state index in [0.29, 0.717) is 31.1 Å². The van der Waals surface area contributed by atoms with Crippen molar-refractivity contribution < 1.29 is 23.5 Å². The molecular weight excluding hydrogens is 385 g/mol. The van der Waals surface area contributed by atoms with Gasteiger partial charge in [-0.1, -0.05) is 12.2 Å². The van der Waals surface area contributed by atoms with E-state index in [4.69, 9.17) is 14.2 Å². The minimum atomic E-state index is -0.511. The molecule has 8 heteroatoms. The average molecular weight is 407 g/mol. The highest BCUT2D eigenvalue weighted by Crippen LogP contribution is 2.40. The fraction of sp³-hybridized carbons (Fsp3) is 0.400. The molecule has 0 amide bonds. The molecule has 1 aromatic heterocycles. The summed E-state index contributed by atoms with van der Waals surface area (Å²) in [5.74, 6) is 0.425. The Labute approximate surface area is 166 Å². The molecule has 3 rings (SSSR count). The third-order valence-corrected chi connectivity index (χ3v) is 5.44. The van der Waals surface area contributed by atoms with Gasteiger partial charge in [-0.25, -0.2) is 4.39 Å². The Balaban J connectivity index is 1.59. The van der Waals surface area contributed by atoms with Crippen LogP contribution in [-0.2, 0) is 15.9 Å². The van der Waals surface area contributed by atoms with Gasteiger partial charge in [0, 0.05) is 9.75 Å². The summed E-state index contributed by atoms with van der Waals surface area (Å²) in [6.07, 6.45) is 6.18. The van der Waals surface area contributed by atoms with Gasteiger partial charge in [-0.05, 0) is 36.6 Å². The van der Waals surface area contributed by atoms with Crippen LogP contribution >= 0.6 is 11.3 Å². The fourth-order valence-corrected chi connectivity index (χ4v) is 4.09. The van der Waals surface area contributed by atoms with Crippen LogP contribution in [0.5, 0.6) is 5.75 Å². The molecule has 1 aromatic carbocycles. The van der Waals surface area contributed by atoms with Gasteiger partial charge in [0.1, 0.15) is 19.0 Å². The summed E-state index contributed by atoms with van der Waals surface area (Å²) < 4.78 is 27.7. The highest BCUT2D eigenvalue weighted by Gasteiger charge is 2.20. The van der Waals surface area contributed by atoms with E-state index in [2.05, 4.69) is 12.2 Å². The van der Waals surface area contributed by atoms with Gasteiger partial charge in [-0.15, -0.1) is 11.3 Å². The second-order valence-electron chi connectivity index (χ2n) is 6.13. The Hall–Kier alpha value is -2.29. The molecule has 2 aromatic rings. The Bertz CT molecular complexity index is 836. The van der Waals surface area contributed by atoms with Crippen LogP contribution in [0.2, 0.25) is 0 Å². The number of thiophene rings is 1. The van der Waals surface area contributed by atoms with E-state index < -0.39 is 6.67 Å². The largest absolute Gasteiger partial charge is 0.491 e. The summed E-state index contributed by atoms with van der Waals surface area (Å²) >= 11 is 1.61. The molecule has 6 nitrogen and oxygen atoms in total. The molecule has 1 aliphatic rings. The first-order valence-corrected chi connectivity index (χ1v) is 9.93. The first-order chi connectivity index (χ1) is 13.7. The second kappa shape index (κ2) is 10.3. The van der Waals surface area contributed by atoms with E-state index in [1.165, 1.54) is 10.9 Å². The Morgan fingerprint density at radius 3 is 2.64 bits per heavy atom. The lowest BCUT2D eigenvalue weighted by Gasteiger charge is -2.08. The summed E-state index contributed by atoms with van der Waals surface area (Å²) in [5, 5.41) is 11.6. The Morgan fingerprint density at radius 2 is 1.89 bits per heavy atom. The van der Waals surface area contributed by atoms with Crippen LogP contribution in [0.4, 0.5) is 10.1 Å². The molecule has 0 saturated heterocycles. The number of nitro benzene ring substituents is 1. The standard InChI is InChI=1S/C20H22FNO5S/c21-7-8-25-9-10-26-11-12-27-16-5-6-17(18(14-16)22(23)24)20-13-15-3-1-2-4-19(15)28-20/h1,3,5-6,13-14H,2,4,7-12H2. The molecule has 1 heterocycles. The fourth-order valence-electron chi connectivity index (χ4n) is 2.89. The van der Waals surface area contributed by atoms with Gasteiger partial charge in [-0.2, -0.15) is 0 Å². The maximum Gasteiger partial charge on any atom is 0.281 e. The van der Waals surface area contributed by atoms with Gasteiger partial charge >= 0.3 is 0 Å². The van der Waals surface area contributed by atoms with Gasteiger partial charge in [-0.3, -0.25) is 10.1 Å². The number of hydrogen-bond acceptors (Lipinski definition) is 6. The zero-order valence-corrected chi connectivity index (χ0v) is 16.2. The van der Waals surface area contributed by atoms with Crippen molar-refractivity contribution in [2.75, 3.05) is 39.7 Å². The molecule has 0 fully saturated rings. The molecule has 0 N–H and O–H groups in total. The average Bonchev–Trinajstić information content (AvgIpc) is 3.14. The van der Waals surface area contributed by atoms with Crippen molar-refractivity contribution >= 4 is 23.1 Å². The second-order valence-corrected chi connectivity index (χ2v) is 7.27. The van der Waals surface area contributed by atoms with Crippen molar-refractivity contribution in [1.82, 2.24) is 0 Å². The first kappa shape index (κ1) is 20.4. The molecule has 0 aliphatic heterocycles. The summed E-state index contributed by atoms with van der Waals surface area (Å²) in [4.78, 5) is 13.3. The molecule has 0 unspecified atom stereocenters. The van der Waals surface area contributed by atoms with E-state index in [1.807, 2.05) is 6.07 Å². The predicted molar refractivity (Wildman–Crippen MR) is 107 cm³/mol. The third-order valence-electron chi connectivity index (χ3n) is 4.20. The van der Waals surface area contributed by atoms with Crippen molar-refractivity contribution in [3.63, 3.8) is 0 Å². The molecule has 0 spiro atoms. The third kappa shape index (κ3) is 5.37. The normalized spacial score (nSPS) is 12.8. The van der Waals surface area contributed by atoms with E-state index in [9.17, 15) is 14.5 Å². The number of fused-ring (bicyclic) bond motifs is 1. The van der Waals surface area contributed by atoms with Crippen LogP contribution in [0, 0.1) is 10.1 Å². The number of alkyl halides is 1. The number of benzene rings is 1.